The number of hydrogen-bond donors (Lipinski definition) is 1. The molecule has 0 saturated heterocycles. The van der Waals surface area contributed by atoms with E-state index in [1.807, 2.05) is 19.1 Å². The van der Waals surface area contributed by atoms with Crippen molar-refractivity contribution in [3.63, 3.8) is 0 Å². The quantitative estimate of drug-likeness (QED) is 0.802. The van der Waals surface area contributed by atoms with E-state index in [1.165, 1.54) is 17.2 Å². The first-order valence-electron chi connectivity index (χ1n) is 7.46. The molecule has 1 N–H and O–H groups in total. The van der Waals surface area contributed by atoms with Crippen LogP contribution in [0.5, 0.6) is 0 Å². The largest absolute Gasteiger partial charge is 0.322 e. The maximum absolute atomic E-state index is 13.6. The molecule has 2 aromatic rings. The van der Waals surface area contributed by atoms with Crippen molar-refractivity contribution < 1.29 is 13.6 Å². The Bertz CT molecular complexity index is 728. The lowest BCUT2D eigenvalue weighted by atomic mass is 10.0. The standard InChI is InChI=1S/C19H19F2NO/c1-4-12(2)13(3)14-8-10-15(11-9-14)22-19(23)18-16(20)6-5-7-17(18)21/h5-11H,4H2,1-3H3,(H,22,23). The zero-order chi connectivity index (χ0) is 17.0. The lowest BCUT2D eigenvalue weighted by molar-refractivity contribution is 0.101. The molecule has 0 bridgehead atoms. The second kappa shape index (κ2) is 7.18. The van der Waals surface area contributed by atoms with Crippen molar-refractivity contribution in [2.24, 2.45) is 0 Å². The summed E-state index contributed by atoms with van der Waals surface area (Å²) in [4.78, 5) is 12.0. The van der Waals surface area contributed by atoms with E-state index >= 15 is 0 Å². The van der Waals surface area contributed by atoms with Crippen molar-refractivity contribution in [3.8, 4) is 0 Å². The number of carbonyl (C=O) groups is 1. The maximum Gasteiger partial charge on any atom is 0.261 e. The molecule has 2 rings (SSSR count). The number of nitrogens with one attached hydrogen (secondary N) is 1. The van der Waals surface area contributed by atoms with Crippen LogP contribution >= 0.6 is 0 Å². The van der Waals surface area contributed by atoms with Gasteiger partial charge in [-0.05, 0) is 55.7 Å². The van der Waals surface area contributed by atoms with Gasteiger partial charge in [-0.3, -0.25) is 4.79 Å². The first-order valence-corrected chi connectivity index (χ1v) is 7.46. The third-order valence-corrected chi connectivity index (χ3v) is 3.94. The van der Waals surface area contributed by atoms with Crippen LogP contribution in [0.2, 0.25) is 0 Å². The SMILES string of the molecule is CCC(C)=C(C)c1ccc(NC(=O)c2c(F)cccc2F)cc1. The lowest BCUT2D eigenvalue weighted by Crippen LogP contribution is -2.15. The number of anilines is 1. The Morgan fingerprint density at radius 2 is 1.57 bits per heavy atom. The monoisotopic (exact) mass is 315 g/mol. The summed E-state index contributed by atoms with van der Waals surface area (Å²) in [7, 11) is 0. The molecule has 0 unspecified atom stereocenters. The third-order valence-electron chi connectivity index (χ3n) is 3.94. The molecule has 2 nitrogen and oxygen atoms in total. The summed E-state index contributed by atoms with van der Waals surface area (Å²) < 4.78 is 27.2. The predicted molar refractivity (Wildman–Crippen MR) is 89.3 cm³/mol. The van der Waals surface area contributed by atoms with Gasteiger partial charge in [-0.2, -0.15) is 0 Å². The molecule has 0 aromatic heterocycles. The van der Waals surface area contributed by atoms with Gasteiger partial charge in [0, 0.05) is 5.69 Å². The zero-order valence-electron chi connectivity index (χ0n) is 13.4. The average molecular weight is 315 g/mol. The number of rotatable bonds is 4. The molecule has 4 heteroatoms. The van der Waals surface area contributed by atoms with E-state index in [2.05, 4.69) is 19.2 Å². The normalized spacial score (nSPS) is 11.9. The van der Waals surface area contributed by atoms with Crippen LogP contribution in [-0.4, -0.2) is 5.91 Å². The van der Waals surface area contributed by atoms with Gasteiger partial charge in [0.2, 0.25) is 0 Å². The van der Waals surface area contributed by atoms with Crippen molar-refractivity contribution >= 4 is 17.2 Å². The van der Waals surface area contributed by atoms with Crippen molar-refractivity contribution in [3.05, 3.63) is 70.8 Å². The highest BCUT2D eigenvalue weighted by Crippen LogP contribution is 2.22. The molecule has 1 amide bonds. The Balaban J connectivity index is 2.20. The number of benzene rings is 2. The van der Waals surface area contributed by atoms with Gasteiger partial charge in [0.15, 0.2) is 0 Å². The van der Waals surface area contributed by atoms with Crippen molar-refractivity contribution in [2.45, 2.75) is 27.2 Å². The van der Waals surface area contributed by atoms with Gasteiger partial charge < -0.3 is 5.32 Å². The minimum atomic E-state index is -0.878. The molecule has 0 aliphatic heterocycles. The minimum Gasteiger partial charge on any atom is -0.322 e. The summed E-state index contributed by atoms with van der Waals surface area (Å²) in [6.45, 7) is 6.21. The topological polar surface area (TPSA) is 29.1 Å². The van der Waals surface area contributed by atoms with Gasteiger partial charge in [0.05, 0.1) is 0 Å². The summed E-state index contributed by atoms with van der Waals surface area (Å²) in [5.74, 6) is -2.56. The molecule has 0 fully saturated rings. The molecule has 0 saturated carbocycles. The molecule has 0 aliphatic rings. The Kier molecular flexibility index (Phi) is 5.27. The fourth-order valence-corrected chi connectivity index (χ4v) is 2.22. The number of amides is 1. The van der Waals surface area contributed by atoms with Crippen molar-refractivity contribution in [1.29, 1.82) is 0 Å². The van der Waals surface area contributed by atoms with Gasteiger partial charge in [0.1, 0.15) is 17.2 Å². The molecule has 0 atom stereocenters. The van der Waals surface area contributed by atoms with Crippen molar-refractivity contribution in [1.82, 2.24) is 0 Å². The minimum absolute atomic E-state index is 0.489. The molecular weight excluding hydrogens is 296 g/mol. The molecule has 23 heavy (non-hydrogen) atoms. The molecule has 0 spiro atoms. The third kappa shape index (κ3) is 3.83. The van der Waals surface area contributed by atoms with Crippen LogP contribution in [0.4, 0.5) is 14.5 Å². The lowest BCUT2D eigenvalue weighted by Gasteiger charge is -2.10. The van der Waals surface area contributed by atoms with E-state index in [0.717, 1.165) is 24.1 Å². The zero-order valence-corrected chi connectivity index (χ0v) is 13.4. The summed E-state index contributed by atoms with van der Waals surface area (Å²) in [6.07, 6.45) is 0.969. The van der Waals surface area contributed by atoms with Crippen LogP contribution < -0.4 is 5.32 Å². The highest BCUT2D eigenvalue weighted by molar-refractivity contribution is 6.04. The fraction of sp³-hybridized carbons (Fsp3) is 0.211. The average Bonchev–Trinajstić information content (AvgIpc) is 2.54. The molecular formula is C19H19F2NO. The van der Waals surface area contributed by atoms with Gasteiger partial charge in [0.25, 0.3) is 5.91 Å². The molecule has 2 aromatic carbocycles. The van der Waals surface area contributed by atoms with Crippen LogP contribution in [0.15, 0.2) is 48.0 Å². The Hall–Kier alpha value is -2.49. The van der Waals surface area contributed by atoms with Gasteiger partial charge in [-0.25, -0.2) is 8.78 Å². The summed E-state index contributed by atoms with van der Waals surface area (Å²) in [5.41, 5.74) is 3.44. The van der Waals surface area contributed by atoms with Crippen LogP contribution in [-0.2, 0) is 0 Å². The summed E-state index contributed by atoms with van der Waals surface area (Å²) in [5, 5.41) is 2.51. The van der Waals surface area contributed by atoms with Crippen molar-refractivity contribution in [2.75, 3.05) is 5.32 Å². The van der Waals surface area contributed by atoms with E-state index in [1.54, 1.807) is 12.1 Å². The Morgan fingerprint density at radius 1 is 1.00 bits per heavy atom. The van der Waals surface area contributed by atoms with Crippen LogP contribution in [0.1, 0.15) is 43.1 Å². The number of hydrogen-bond acceptors (Lipinski definition) is 1. The summed E-state index contributed by atoms with van der Waals surface area (Å²) in [6, 6.07) is 10.5. The second-order valence-corrected chi connectivity index (χ2v) is 5.39. The van der Waals surface area contributed by atoms with Gasteiger partial charge in [-0.1, -0.05) is 30.7 Å². The fourth-order valence-electron chi connectivity index (χ4n) is 2.22. The van der Waals surface area contributed by atoms with E-state index in [9.17, 15) is 13.6 Å². The Morgan fingerprint density at radius 3 is 2.09 bits per heavy atom. The predicted octanol–water partition coefficient (Wildman–Crippen LogP) is 5.42. The number of allylic oxidation sites excluding steroid dienone is 2. The molecule has 0 heterocycles. The van der Waals surface area contributed by atoms with Gasteiger partial charge >= 0.3 is 0 Å². The Labute approximate surface area is 134 Å². The highest BCUT2D eigenvalue weighted by Gasteiger charge is 2.17. The molecule has 120 valence electrons. The van der Waals surface area contributed by atoms with E-state index < -0.39 is 23.1 Å². The first kappa shape index (κ1) is 16.9. The van der Waals surface area contributed by atoms with Crippen LogP contribution in [0.3, 0.4) is 0 Å². The van der Waals surface area contributed by atoms with E-state index in [4.69, 9.17) is 0 Å². The smallest absolute Gasteiger partial charge is 0.261 e. The molecule has 0 aliphatic carbocycles. The van der Waals surface area contributed by atoms with Crippen LogP contribution in [0.25, 0.3) is 5.57 Å². The maximum atomic E-state index is 13.6. The highest BCUT2D eigenvalue weighted by atomic mass is 19.1. The second-order valence-electron chi connectivity index (χ2n) is 5.39. The number of carbonyl (C=O) groups excluding carboxylic acids is 1. The summed E-state index contributed by atoms with van der Waals surface area (Å²) >= 11 is 0. The number of halogens is 2. The van der Waals surface area contributed by atoms with E-state index in [0.29, 0.717) is 5.69 Å². The van der Waals surface area contributed by atoms with Gasteiger partial charge in [-0.15, -0.1) is 0 Å². The van der Waals surface area contributed by atoms with E-state index in [-0.39, 0.29) is 0 Å². The first-order chi connectivity index (χ1) is 10.9. The van der Waals surface area contributed by atoms with Crippen LogP contribution in [0, 0.1) is 11.6 Å². The molecule has 0 radical (unpaired) electrons.